The zero-order valence-corrected chi connectivity index (χ0v) is 14.7. The van der Waals surface area contributed by atoms with Crippen molar-refractivity contribution in [3.8, 4) is 0 Å². The SMILES string of the molecule is CCNC(=NCCCOCC1CC1)N1CC(C)C(C(=O)OC)C1. The summed E-state index contributed by atoms with van der Waals surface area (Å²) >= 11 is 0. The molecule has 0 radical (unpaired) electrons. The van der Waals surface area contributed by atoms with Crippen LogP contribution < -0.4 is 5.32 Å². The fourth-order valence-corrected chi connectivity index (χ4v) is 2.91. The summed E-state index contributed by atoms with van der Waals surface area (Å²) in [6.07, 6.45) is 3.60. The minimum Gasteiger partial charge on any atom is -0.469 e. The number of likely N-dealkylation sites (tertiary alicyclic amines) is 1. The minimum atomic E-state index is -0.121. The Morgan fingerprint density at radius 2 is 2.13 bits per heavy atom. The van der Waals surface area contributed by atoms with Gasteiger partial charge < -0.3 is 19.7 Å². The van der Waals surface area contributed by atoms with E-state index in [1.807, 2.05) is 0 Å². The lowest BCUT2D eigenvalue weighted by atomic mass is 9.99. The van der Waals surface area contributed by atoms with Crippen molar-refractivity contribution in [3.63, 3.8) is 0 Å². The van der Waals surface area contributed by atoms with Crippen LogP contribution in [0.5, 0.6) is 0 Å². The summed E-state index contributed by atoms with van der Waals surface area (Å²) in [5.74, 6) is 1.81. The Morgan fingerprint density at radius 1 is 1.35 bits per heavy atom. The number of hydrogen-bond donors (Lipinski definition) is 1. The molecule has 1 N–H and O–H groups in total. The van der Waals surface area contributed by atoms with E-state index in [9.17, 15) is 4.79 Å². The lowest BCUT2D eigenvalue weighted by molar-refractivity contribution is -0.145. The Balaban J connectivity index is 1.77. The van der Waals surface area contributed by atoms with Gasteiger partial charge in [-0.1, -0.05) is 6.92 Å². The van der Waals surface area contributed by atoms with Gasteiger partial charge in [-0.3, -0.25) is 9.79 Å². The van der Waals surface area contributed by atoms with Gasteiger partial charge in [0.15, 0.2) is 5.96 Å². The number of nitrogens with one attached hydrogen (secondary N) is 1. The van der Waals surface area contributed by atoms with Crippen molar-refractivity contribution in [3.05, 3.63) is 0 Å². The number of methoxy groups -OCH3 is 1. The van der Waals surface area contributed by atoms with Crippen LogP contribution in [0.25, 0.3) is 0 Å². The number of ether oxygens (including phenoxy) is 2. The van der Waals surface area contributed by atoms with Crippen LogP contribution in [-0.4, -0.2) is 63.3 Å². The van der Waals surface area contributed by atoms with E-state index in [4.69, 9.17) is 9.47 Å². The van der Waals surface area contributed by atoms with Gasteiger partial charge in [-0.05, 0) is 38.0 Å². The van der Waals surface area contributed by atoms with Crippen LogP contribution in [0.3, 0.4) is 0 Å². The van der Waals surface area contributed by atoms with Gasteiger partial charge in [0.25, 0.3) is 0 Å². The highest BCUT2D eigenvalue weighted by atomic mass is 16.5. The van der Waals surface area contributed by atoms with Crippen LogP contribution in [0.1, 0.15) is 33.1 Å². The number of nitrogens with zero attached hydrogens (tertiary/aromatic N) is 2. The molecule has 0 aromatic heterocycles. The van der Waals surface area contributed by atoms with Crippen molar-refractivity contribution < 1.29 is 14.3 Å². The predicted molar refractivity (Wildman–Crippen MR) is 90.4 cm³/mol. The summed E-state index contributed by atoms with van der Waals surface area (Å²) in [4.78, 5) is 18.7. The Hall–Kier alpha value is -1.30. The van der Waals surface area contributed by atoms with Gasteiger partial charge in [0.2, 0.25) is 0 Å². The molecule has 2 unspecified atom stereocenters. The number of rotatable bonds is 8. The van der Waals surface area contributed by atoms with E-state index < -0.39 is 0 Å². The highest BCUT2D eigenvalue weighted by Crippen LogP contribution is 2.28. The van der Waals surface area contributed by atoms with E-state index >= 15 is 0 Å². The molecule has 1 saturated carbocycles. The zero-order valence-electron chi connectivity index (χ0n) is 14.7. The van der Waals surface area contributed by atoms with Crippen LogP contribution in [0.4, 0.5) is 0 Å². The number of aliphatic imine (C=N–C) groups is 1. The molecular weight excluding hydrogens is 294 g/mol. The first-order chi connectivity index (χ1) is 11.2. The van der Waals surface area contributed by atoms with E-state index in [0.29, 0.717) is 6.54 Å². The molecule has 2 atom stereocenters. The van der Waals surface area contributed by atoms with Crippen molar-refractivity contribution in [2.75, 3.05) is 46.5 Å². The van der Waals surface area contributed by atoms with Crippen molar-refractivity contribution in [2.45, 2.75) is 33.1 Å². The lowest BCUT2D eigenvalue weighted by Gasteiger charge is -2.21. The van der Waals surface area contributed by atoms with Gasteiger partial charge in [-0.15, -0.1) is 0 Å². The van der Waals surface area contributed by atoms with Crippen LogP contribution in [-0.2, 0) is 14.3 Å². The number of guanidine groups is 1. The molecule has 0 spiro atoms. The predicted octanol–water partition coefficient (Wildman–Crippen LogP) is 1.51. The molecule has 0 aromatic rings. The summed E-state index contributed by atoms with van der Waals surface area (Å²) in [6.45, 7) is 8.93. The van der Waals surface area contributed by atoms with Gasteiger partial charge in [-0.25, -0.2) is 0 Å². The second kappa shape index (κ2) is 9.11. The van der Waals surface area contributed by atoms with E-state index in [-0.39, 0.29) is 17.8 Å². The van der Waals surface area contributed by atoms with Crippen LogP contribution in [0.2, 0.25) is 0 Å². The van der Waals surface area contributed by atoms with Gasteiger partial charge in [0.05, 0.1) is 13.0 Å². The fourth-order valence-electron chi connectivity index (χ4n) is 2.91. The van der Waals surface area contributed by atoms with E-state index in [0.717, 1.165) is 51.1 Å². The Morgan fingerprint density at radius 3 is 2.78 bits per heavy atom. The summed E-state index contributed by atoms with van der Waals surface area (Å²) in [7, 11) is 1.46. The second-order valence-electron chi connectivity index (χ2n) is 6.62. The maximum atomic E-state index is 11.8. The first-order valence-electron chi connectivity index (χ1n) is 8.84. The largest absolute Gasteiger partial charge is 0.469 e. The molecule has 132 valence electrons. The highest BCUT2D eigenvalue weighted by molar-refractivity contribution is 5.82. The van der Waals surface area contributed by atoms with Crippen LogP contribution in [0.15, 0.2) is 4.99 Å². The standard InChI is InChI=1S/C17H31N3O3/c1-4-18-17(19-8-5-9-23-12-14-6-7-14)20-10-13(2)15(11-20)16(21)22-3/h13-15H,4-12H2,1-3H3,(H,18,19). The number of carbonyl (C=O) groups is 1. The maximum Gasteiger partial charge on any atom is 0.310 e. The Kier molecular flexibility index (Phi) is 7.15. The van der Waals surface area contributed by atoms with E-state index in [1.54, 1.807) is 0 Å². The lowest BCUT2D eigenvalue weighted by Crippen LogP contribution is -2.40. The molecule has 2 aliphatic rings. The topological polar surface area (TPSA) is 63.2 Å². The van der Waals surface area contributed by atoms with Gasteiger partial charge in [0, 0.05) is 39.4 Å². The molecular formula is C17H31N3O3. The molecule has 23 heavy (non-hydrogen) atoms. The van der Waals surface area contributed by atoms with Gasteiger partial charge in [-0.2, -0.15) is 0 Å². The molecule has 0 aromatic carbocycles. The normalized spacial score (nSPS) is 24.8. The fraction of sp³-hybridized carbons (Fsp3) is 0.882. The van der Waals surface area contributed by atoms with Gasteiger partial charge in [0.1, 0.15) is 0 Å². The summed E-state index contributed by atoms with van der Waals surface area (Å²) in [6, 6.07) is 0. The number of hydrogen-bond acceptors (Lipinski definition) is 4. The number of carbonyl (C=O) groups excluding carboxylic acids is 1. The van der Waals surface area contributed by atoms with E-state index in [1.165, 1.54) is 20.0 Å². The highest BCUT2D eigenvalue weighted by Gasteiger charge is 2.36. The maximum absolute atomic E-state index is 11.8. The molecule has 2 fully saturated rings. The first kappa shape index (κ1) is 18.0. The smallest absolute Gasteiger partial charge is 0.310 e. The summed E-state index contributed by atoms with van der Waals surface area (Å²) < 4.78 is 10.5. The number of esters is 1. The van der Waals surface area contributed by atoms with Gasteiger partial charge >= 0.3 is 5.97 Å². The Labute approximate surface area is 139 Å². The third-order valence-electron chi connectivity index (χ3n) is 4.51. The van der Waals surface area contributed by atoms with E-state index in [2.05, 4.69) is 29.1 Å². The summed E-state index contributed by atoms with van der Waals surface area (Å²) in [5, 5.41) is 3.32. The quantitative estimate of drug-likeness (QED) is 0.317. The molecule has 0 bridgehead atoms. The third-order valence-corrected chi connectivity index (χ3v) is 4.51. The van der Waals surface area contributed by atoms with Crippen molar-refractivity contribution in [1.29, 1.82) is 0 Å². The molecule has 1 aliphatic carbocycles. The third kappa shape index (κ3) is 5.68. The van der Waals surface area contributed by atoms with Crippen LogP contribution in [0, 0.1) is 17.8 Å². The molecule has 1 heterocycles. The van der Waals surface area contributed by atoms with Crippen molar-refractivity contribution >= 4 is 11.9 Å². The molecule has 0 amide bonds. The summed E-state index contributed by atoms with van der Waals surface area (Å²) in [5.41, 5.74) is 0. The minimum absolute atomic E-state index is 0.0641. The van der Waals surface area contributed by atoms with Crippen molar-refractivity contribution in [1.82, 2.24) is 10.2 Å². The first-order valence-corrected chi connectivity index (χ1v) is 8.84. The average Bonchev–Trinajstić information content (AvgIpc) is 3.29. The molecule has 6 heteroatoms. The molecule has 2 rings (SSSR count). The zero-order chi connectivity index (χ0) is 16.7. The molecule has 6 nitrogen and oxygen atoms in total. The van der Waals surface area contributed by atoms with Crippen LogP contribution >= 0.6 is 0 Å². The molecule has 1 saturated heterocycles. The Bertz CT molecular complexity index is 410. The second-order valence-corrected chi connectivity index (χ2v) is 6.62. The molecule has 1 aliphatic heterocycles. The van der Waals surface area contributed by atoms with Crippen molar-refractivity contribution in [2.24, 2.45) is 22.7 Å². The monoisotopic (exact) mass is 325 g/mol. The average molecular weight is 325 g/mol.